The minimum absolute atomic E-state index is 0.355. The van der Waals surface area contributed by atoms with E-state index in [0.717, 1.165) is 11.3 Å². The maximum Gasteiger partial charge on any atom is 0.228 e. The summed E-state index contributed by atoms with van der Waals surface area (Å²) in [4.78, 5) is 8.69. The van der Waals surface area contributed by atoms with Gasteiger partial charge < -0.3 is 15.6 Å². The molecule has 1 heterocycles. The van der Waals surface area contributed by atoms with E-state index < -0.39 is 0 Å². The van der Waals surface area contributed by atoms with Gasteiger partial charge in [-0.2, -0.15) is 4.98 Å². The number of nitrogens with zero attached hydrogens (tertiary/aromatic N) is 3. The summed E-state index contributed by atoms with van der Waals surface area (Å²) in [7, 11) is 0. The van der Waals surface area contributed by atoms with Gasteiger partial charge in [0.25, 0.3) is 0 Å². The summed E-state index contributed by atoms with van der Waals surface area (Å²) in [6.07, 6.45) is 0.509. The average molecular weight is 384 g/mol. The molecule has 2 aromatic carbocycles. The topological polar surface area (TPSA) is 89.3 Å². The van der Waals surface area contributed by atoms with Crippen LogP contribution >= 0.6 is 11.6 Å². The fourth-order valence-corrected chi connectivity index (χ4v) is 2.63. The summed E-state index contributed by atoms with van der Waals surface area (Å²) in [5.41, 5.74) is 8.98. The predicted octanol–water partition coefficient (Wildman–Crippen LogP) is 4.48. The van der Waals surface area contributed by atoms with E-state index in [1.54, 1.807) is 12.1 Å². The van der Waals surface area contributed by atoms with Gasteiger partial charge in [-0.3, -0.25) is 4.99 Å². The van der Waals surface area contributed by atoms with Gasteiger partial charge in [-0.15, -0.1) is 0 Å². The van der Waals surface area contributed by atoms with Gasteiger partial charge in [0, 0.05) is 22.7 Å². The van der Waals surface area contributed by atoms with Crippen molar-refractivity contribution in [2.75, 3.05) is 11.9 Å². The van der Waals surface area contributed by atoms with Gasteiger partial charge in [0.2, 0.25) is 11.7 Å². The van der Waals surface area contributed by atoms with Crippen LogP contribution in [-0.4, -0.2) is 22.6 Å². The van der Waals surface area contributed by atoms with Crippen LogP contribution in [-0.2, 0) is 6.42 Å². The molecule has 0 amide bonds. The van der Waals surface area contributed by atoms with Crippen LogP contribution in [0.15, 0.2) is 58.0 Å². The molecule has 0 saturated carbocycles. The summed E-state index contributed by atoms with van der Waals surface area (Å²) in [5.74, 6) is 1.85. The molecule has 3 aromatic rings. The number of nitrogens with two attached hydrogens (primary N) is 1. The largest absolute Gasteiger partial charge is 0.370 e. The van der Waals surface area contributed by atoms with E-state index in [4.69, 9.17) is 21.9 Å². The van der Waals surface area contributed by atoms with Crippen molar-refractivity contribution in [2.45, 2.75) is 26.2 Å². The normalized spacial score (nSPS) is 11.8. The van der Waals surface area contributed by atoms with E-state index in [0.29, 0.717) is 41.6 Å². The van der Waals surface area contributed by atoms with Crippen molar-refractivity contribution in [3.8, 4) is 11.4 Å². The Kier molecular flexibility index (Phi) is 6.08. The van der Waals surface area contributed by atoms with E-state index in [-0.39, 0.29) is 0 Å². The summed E-state index contributed by atoms with van der Waals surface area (Å²) in [6, 6.07) is 15.4. The molecule has 6 nitrogen and oxygen atoms in total. The molecule has 0 unspecified atom stereocenters. The molecule has 0 spiro atoms. The SMILES string of the molecule is CC(C)c1cccc(NC(N)=NCCc2nc(-c3ccc(Cl)cc3)no2)c1. The number of aromatic nitrogens is 2. The highest BCUT2D eigenvalue weighted by Gasteiger charge is 2.08. The van der Waals surface area contributed by atoms with Gasteiger partial charge in [-0.1, -0.05) is 42.7 Å². The zero-order chi connectivity index (χ0) is 19.2. The molecule has 0 bridgehead atoms. The number of hydrogen-bond acceptors (Lipinski definition) is 4. The minimum atomic E-state index is 0.355. The lowest BCUT2D eigenvalue weighted by molar-refractivity contribution is 0.380. The molecule has 3 N–H and O–H groups in total. The zero-order valence-electron chi connectivity index (χ0n) is 15.3. The van der Waals surface area contributed by atoms with Gasteiger partial charge in [0.15, 0.2) is 5.96 Å². The number of halogens is 1. The number of guanidine groups is 1. The van der Waals surface area contributed by atoms with E-state index in [9.17, 15) is 0 Å². The second-order valence-corrected chi connectivity index (χ2v) is 6.88. The van der Waals surface area contributed by atoms with Crippen molar-refractivity contribution in [2.24, 2.45) is 10.7 Å². The van der Waals surface area contributed by atoms with Crippen LogP contribution in [0, 0.1) is 0 Å². The Morgan fingerprint density at radius 1 is 1.22 bits per heavy atom. The van der Waals surface area contributed by atoms with Gasteiger partial charge in [0.05, 0.1) is 6.54 Å². The molecule has 3 rings (SSSR count). The van der Waals surface area contributed by atoms with Crippen molar-refractivity contribution in [1.29, 1.82) is 0 Å². The number of anilines is 1. The van der Waals surface area contributed by atoms with Crippen molar-refractivity contribution >= 4 is 23.2 Å². The molecular formula is C20H22ClN5O. The number of aliphatic imine (C=N–C) groups is 1. The number of nitrogens with one attached hydrogen (secondary N) is 1. The lowest BCUT2D eigenvalue weighted by Gasteiger charge is -2.09. The lowest BCUT2D eigenvalue weighted by Crippen LogP contribution is -2.23. The molecule has 0 aliphatic rings. The van der Waals surface area contributed by atoms with Crippen molar-refractivity contribution in [3.05, 3.63) is 65.0 Å². The highest BCUT2D eigenvalue weighted by atomic mass is 35.5. The molecule has 0 radical (unpaired) electrons. The van der Waals surface area contributed by atoms with Crippen LogP contribution in [0.2, 0.25) is 5.02 Å². The fraction of sp³-hybridized carbons (Fsp3) is 0.250. The van der Waals surface area contributed by atoms with Crippen LogP contribution in [0.4, 0.5) is 5.69 Å². The molecule has 0 aliphatic carbocycles. The number of hydrogen-bond donors (Lipinski definition) is 2. The van der Waals surface area contributed by atoms with Gasteiger partial charge in [-0.05, 0) is 47.9 Å². The van der Waals surface area contributed by atoms with Crippen molar-refractivity contribution in [1.82, 2.24) is 10.1 Å². The standard InChI is InChI=1S/C20H22ClN5O/c1-13(2)15-4-3-5-17(12-15)24-20(22)23-11-10-18-25-19(26-27-18)14-6-8-16(21)9-7-14/h3-9,12-13H,10-11H2,1-2H3,(H3,22,23,24). The minimum Gasteiger partial charge on any atom is -0.370 e. The third-order valence-electron chi connectivity index (χ3n) is 4.00. The average Bonchev–Trinajstić information content (AvgIpc) is 3.11. The first-order valence-corrected chi connectivity index (χ1v) is 9.14. The van der Waals surface area contributed by atoms with Crippen LogP contribution in [0.1, 0.15) is 31.2 Å². The first-order chi connectivity index (χ1) is 13.0. The maximum atomic E-state index is 5.97. The van der Waals surface area contributed by atoms with E-state index in [1.807, 2.05) is 24.3 Å². The second kappa shape index (κ2) is 8.68. The van der Waals surface area contributed by atoms with Crippen LogP contribution in [0.5, 0.6) is 0 Å². The molecule has 7 heteroatoms. The van der Waals surface area contributed by atoms with Crippen molar-refractivity contribution in [3.63, 3.8) is 0 Å². The molecule has 0 aliphatic heterocycles. The van der Waals surface area contributed by atoms with E-state index in [2.05, 4.69) is 46.4 Å². The van der Waals surface area contributed by atoms with Gasteiger partial charge >= 0.3 is 0 Å². The summed E-state index contributed by atoms with van der Waals surface area (Å²) >= 11 is 5.89. The Labute approximate surface area is 163 Å². The smallest absolute Gasteiger partial charge is 0.228 e. The molecule has 0 saturated heterocycles. The summed E-state index contributed by atoms with van der Waals surface area (Å²) < 4.78 is 5.27. The van der Waals surface area contributed by atoms with Crippen LogP contribution < -0.4 is 11.1 Å². The Morgan fingerprint density at radius 2 is 2.00 bits per heavy atom. The molecule has 27 heavy (non-hydrogen) atoms. The Bertz CT molecular complexity index is 918. The van der Waals surface area contributed by atoms with E-state index in [1.165, 1.54) is 5.56 Å². The molecule has 140 valence electrons. The first-order valence-electron chi connectivity index (χ1n) is 8.76. The predicted molar refractivity (Wildman–Crippen MR) is 109 cm³/mol. The quantitative estimate of drug-likeness (QED) is 0.483. The summed E-state index contributed by atoms with van der Waals surface area (Å²) in [5, 5.41) is 7.76. The molecular weight excluding hydrogens is 362 g/mol. The van der Waals surface area contributed by atoms with Gasteiger partial charge in [-0.25, -0.2) is 0 Å². The first kappa shape index (κ1) is 18.9. The fourth-order valence-electron chi connectivity index (χ4n) is 2.51. The second-order valence-electron chi connectivity index (χ2n) is 6.44. The van der Waals surface area contributed by atoms with Gasteiger partial charge in [0.1, 0.15) is 0 Å². The molecule has 1 aromatic heterocycles. The monoisotopic (exact) mass is 383 g/mol. The van der Waals surface area contributed by atoms with Crippen molar-refractivity contribution < 1.29 is 4.52 Å². The van der Waals surface area contributed by atoms with Crippen LogP contribution in [0.25, 0.3) is 11.4 Å². The third-order valence-corrected chi connectivity index (χ3v) is 4.26. The molecule has 0 atom stereocenters. The highest BCUT2D eigenvalue weighted by Crippen LogP contribution is 2.19. The Hall–Kier alpha value is -2.86. The third kappa shape index (κ3) is 5.31. The lowest BCUT2D eigenvalue weighted by atomic mass is 10.0. The summed E-state index contributed by atoms with van der Waals surface area (Å²) in [6.45, 7) is 4.75. The number of rotatable bonds is 6. The van der Waals surface area contributed by atoms with Crippen LogP contribution in [0.3, 0.4) is 0 Å². The number of benzene rings is 2. The molecule has 0 fully saturated rings. The maximum absolute atomic E-state index is 5.97. The zero-order valence-corrected chi connectivity index (χ0v) is 16.1. The Balaban J connectivity index is 1.56. The van der Waals surface area contributed by atoms with E-state index >= 15 is 0 Å². The Morgan fingerprint density at radius 3 is 2.74 bits per heavy atom. The highest BCUT2D eigenvalue weighted by molar-refractivity contribution is 6.30.